The van der Waals surface area contributed by atoms with E-state index >= 15 is 0 Å². The standard InChI is InChI=1S/C14H19F2NO3/c1-19-5-13(10-2-3-11(15)12(16)4-10)17-6-14(7-18)8-20-9-14/h2-4,13,17-18H,5-9H2,1H3. The Balaban J connectivity index is 2.04. The molecule has 112 valence electrons. The van der Waals surface area contributed by atoms with Crippen LogP contribution in [0.4, 0.5) is 8.78 Å². The lowest BCUT2D eigenvalue weighted by atomic mass is 9.86. The molecule has 1 unspecified atom stereocenters. The molecule has 0 radical (unpaired) electrons. The van der Waals surface area contributed by atoms with E-state index in [1.165, 1.54) is 6.07 Å². The van der Waals surface area contributed by atoms with Crippen molar-refractivity contribution in [3.05, 3.63) is 35.4 Å². The Kier molecular flexibility index (Phi) is 5.04. The Morgan fingerprint density at radius 3 is 2.65 bits per heavy atom. The number of ether oxygens (including phenoxy) is 2. The molecular formula is C14H19F2NO3. The van der Waals surface area contributed by atoms with E-state index in [0.29, 0.717) is 31.9 Å². The Labute approximate surface area is 116 Å². The second-order valence-corrected chi connectivity index (χ2v) is 5.21. The maximum atomic E-state index is 13.3. The van der Waals surface area contributed by atoms with Gasteiger partial charge < -0.3 is 19.9 Å². The molecule has 1 aliphatic heterocycles. The minimum Gasteiger partial charge on any atom is -0.396 e. The van der Waals surface area contributed by atoms with Gasteiger partial charge >= 0.3 is 0 Å². The molecule has 1 aromatic carbocycles. The van der Waals surface area contributed by atoms with E-state index in [2.05, 4.69) is 5.32 Å². The van der Waals surface area contributed by atoms with Crippen molar-refractivity contribution in [3.63, 3.8) is 0 Å². The molecular weight excluding hydrogens is 268 g/mol. The molecule has 0 aromatic heterocycles. The fourth-order valence-corrected chi connectivity index (χ4v) is 2.15. The van der Waals surface area contributed by atoms with Crippen LogP contribution in [0, 0.1) is 17.0 Å². The first kappa shape index (κ1) is 15.3. The molecule has 0 amide bonds. The fourth-order valence-electron chi connectivity index (χ4n) is 2.15. The van der Waals surface area contributed by atoms with Gasteiger partial charge in [-0.25, -0.2) is 8.78 Å². The first-order valence-corrected chi connectivity index (χ1v) is 6.46. The second-order valence-electron chi connectivity index (χ2n) is 5.21. The summed E-state index contributed by atoms with van der Waals surface area (Å²) >= 11 is 0. The Morgan fingerprint density at radius 1 is 1.40 bits per heavy atom. The Hall–Kier alpha value is -1.08. The lowest BCUT2D eigenvalue weighted by Crippen LogP contribution is -2.53. The smallest absolute Gasteiger partial charge is 0.159 e. The normalized spacial score (nSPS) is 18.6. The molecule has 1 fully saturated rings. The number of aliphatic hydroxyl groups is 1. The second kappa shape index (κ2) is 6.58. The molecule has 2 rings (SSSR count). The maximum Gasteiger partial charge on any atom is 0.159 e. The van der Waals surface area contributed by atoms with Gasteiger partial charge in [0.25, 0.3) is 0 Å². The van der Waals surface area contributed by atoms with Crippen LogP contribution < -0.4 is 5.32 Å². The third-order valence-electron chi connectivity index (χ3n) is 3.55. The summed E-state index contributed by atoms with van der Waals surface area (Å²) in [5.41, 5.74) is 0.323. The van der Waals surface area contributed by atoms with Crippen molar-refractivity contribution in [2.24, 2.45) is 5.41 Å². The van der Waals surface area contributed by atoms with Crippen LogP contribution in [0.25, 0.3) is 0 Å². The van der Waals surface area contributed by atoms with Crippen LogP contribution in [0.5, 0.6) is 0 Å². The molecule has 6 heteroatoms. The van der Waals surface area contributed by atoms with E-state index in [4.69, 9.17) is 9.47 Å². The lowest BCUT2D eigenvalue weighted by molar-refractivity contribution is -0.135. The molecule has 1 atom stereocenters. The number of hydrogen-bond acceptors (Lipinski definition) is 4. The third kappa shape index (κ3) is 3.32. The number of aliphatic hydroxyl groups excluding tert-OH is 1. The van der Waals surface area contributed by atoms with Crippen LogP contribution >= 0.6 is 0 Å². The topological polar surface area (TPSA) is 50.7 Å². The zero-order valence-corrected chi connectivity index (χ0v) is 11.4. The Morgan fingerprint density at radius 2 is 2.15 bits per heavy atom. The van der Waals surface area contributed by atoms with Gasteiger partial charge in [0, 0.05) is 13.7 Å². The van der Waals surface area contributed by atoms with Gasteiger partial charge in [-0.05, 0) is 17.7 Å². The average Bonchev–Trinajstić information content (AvgIpc) is 2.40. The summed E-state index contributed by atoms with van der Waals surface area (Å²) in [4.78, 5) is 0. The number of halogens is 2. The predicted octanol–water partition coefficient (Wildman–Crippen LogP) is 1.25. The van der Waals surface area contributed by atoms with Gasteiger partial charge in [-0.2, -0.15) is 0 Å². The summed E-state index contributed by atoms with van der Waals surface area (Å²) in [7, 11) is 1.54. The molecule has 1 aromatic rings. The van der Waals surface area contributed by atoms with E-state index in [0.717, 1.165) is 12.1 Å². The van der Waals surface area contributed by atoms with Gasteiger partial charge in [-0.15, -0.1) is 0 Å². The van der Waals surface area contributed by atoms with Crippen LogP contribution in [0.15, 0.2) is 18.2 Å². The van der Waals surface area contributed by atoms with Gasteiger partial charge in [0.05, 0.1) is 37.9 Å². The number of methoxy groups -OCH3 is 1. The van der Waals surface area contributed by atoms with Crippen LogP contribution in [0.2, 0.25) is 0 Å². The minimum absolute atomic E-state index is 0.0253. The predicted molar refractivity (Wildman–Crippen MR) is 69.3 cm³/mol. The van der Waals surface area contributed by atoms with E-state index in [1.54, 1.807) is 7.11 Å². The van der Waals surface area contributed by atoms with E-state index in [9.17, 15) is 13.9 Å². The largest absolute Gasteiger partial charge is 0.396 e. The maximum absolute atomic E-state index is 13.3. The van der Waals surface area contributed by atoms with Gasteiger partial charge in [0.15, 0.2) is 11.6 Å². The lowest BCUT2D eigenvalue weighted by Gasteiger charge is -2.41. The van der Waals surface area contributed by atoms with Gasteiger partial charge in [0.2, 0.25) is 0 Å². The zero-order valence-electron chi connectivity index (χ0n) is 11.4. The Bertz CT molecular complexity index is 447. The van der Waals surface area contributed by atoms with E-state index < -0.39 is 11.6 Å². The molecule has 1 saturated heterocycles. The van der Waals surface area contributed by atoms with Crippen LogP contribution in [-0.2, 0) is 9.47 Å². The molecule has 20 heavy (non-hydrogen) atoms. The van der Waals surface area contributed by atoms with Crippen molar-refractivity contribution in [1.29, 1.82) is 0 Å². The van der Waals surface area contributed by atoms with Gasteiger partial charge in [-0.3, -0.25) is 0 Å². The summed E-state index contributed by atoms with van der Waals surface area (Å²) in [6.07, 6.45) is 0. The highest BCUT2D eigenvalue weighted by molar-refractivity contribution is 5.21. The first-order chi connectivity index (χ1) is 9.60. The van der Waals surface area contributed by atoms with Crippen LogP contribution in [-0.4, -0.2) is 45.2 Å². The summed E-state index contributed by atoms with van der Waals surface area (Å²) in [5.74, 6) is -1.75. The van der Waals surface area contributed by atoms with Gasteiger partial charge in [-0.1, -0.05) is 6.07 Å². The van der Waals surface area contributed by atoms with Crippen LogP contribution in [0.3, 0.4) is 0 Å². The van der Waals surface area contributed by atoms with Crippen molar-refractivity contribution >= 4 is 0 Å². The third-order valence-corrected chi connectivity index (χ3v) is 3.55. The van der Waals surface area contributed by atoms with Crippen molar-refractivity contribution in [2.45, 2.75) is 6.04 Å². The highest BCUT2D eigenvalue weighted by Gasteiger charge is 2.38. The minimum atomic E-state index is -0.880. The molecule has 1 aliphatic rings. The molecule has 0 spiro atoms. The summed E-state index contributed by atoms with van der Waals surface area (Å²) in [6, 6.07) is 3.52. The first-order valence-electron chi connectivity index (χ1n) is 6.46. The fraction of sp³-hybridized carbons (Fsp3) is 0.571. The summed E-state index contributed by atoms with van der Waals surface area (Å²) in [6.45, 7) is 1.86. The van der Waals surface area contributed by atoms with Crippen molar-refractivity contribution in [2.75, 3.05) is 40.1 Å². The van der Waals surface area contributed by atoms with Crippen molar-refractivity contribution in [1.82, 2.24) is 5.32 Å². The SMILES string of the molecule is COCC(NCC1(CO)COC1)c1ccc(F)c(F)c1. The molecule has 0 saturated carbocycles. The molecule has 0 bridgehead atoms. The highest BCUT2D eigenvalue weighted by atomic mass is 19.2. The molecule has 4 nitrogen and oxygen atoms in total. The highest BCUT2D eigenvalue weighted by Crippen LogP contribution is 2.27. The number of benzene rings is 1. The molecule has 0 aliphatic carbocycles. The van der Waals surface area contributed by atoms with E-state index in [-0.39, 0.29) is 18.1 Å². The van der Waals surface area contributed by atoms with Crippen LogP contribution in [0.1, 0.15) is 11.6 Å². The molecule has 2 N–H and O–H groups in total. The van der Waals surface area contributed by atoms with E-state index in [1.807, 2.05) is 0 Å². The number of rotatable bonds is 7. The number of hydrogen-bond donors (Lipinski definition) is 2. The summed E-state index contributed by atoms with van der Waals surface area (Å²) in [5, 5.41) is 12.6. The van der Waals surface area contributed by atoms with Crippen molar-refractivity contribution < 1.29 is 23.4 Å². The molecule has 1 heterocycles. The zero-order chi connectivity index (χ0) is 14.6. The average molecular weight is 287 g/mol. The monoisotopic (exact) mass is 287 g/mol. The number of nitrogens with one attached hydrogen (secondary N) is 1. The van der Waals surface area contributed by atoms with Crippen molar-refractivity contribution in [3.8, 4) is 0 Å². The quantitative estimate of drug-likeness (QED) is 0.792. The summed E-state index contributed by atoms with van der Waals surface area (Å²) < 4.78 is 36.5. The van der Waals surface area contributed by atoms with Gasteiger partial charge in [0.1, 0.15) is 0 Å².